The Hall–Kier alpha value is -2.35. The molecule has 0 radical (unpaired) electrons. The lowest BCUT2D eigenvalue weighted by Gasteiger charge is -2.70. The fourth-order valence-electron chi connectivity index (χ4n) is 11.1. The average molecular weight is 557 g/mol. The highest BCUT2D eigenvalue weighted by atomic mass is 16.6. The molecule has 1 aromatic rings. The van der Waals surface area contributed by atoms with E-state index in [-0.39, 0.29) is 47.2 Å². The van der Waals surface area contributed by atoms with E-state index in [2.05, 4.69) is 40.7 Å². The molecule has 40 heavy (non-hydrogen) atoms. The van der Waals surface area contributed by atoms with Crippen LogP contribution in [0, 0.1) is 33.5 Å². The maximum absolute atomic E-state index is 12.7. The molecule has 0 bridgehead atoms. The van der Waals surface area contributed by atoms with Gasteiger partial charge in [-0.15, -0.1) is 0 Å². The molecule has 1 spiro atoms. The van der Waals surface area contributed by atoms with Crippen molar-refractivity contribution >= 4 is 17.9 Å². The molecule has 0 aromatic carbocycles. The molecule has 6 rings (SSSR count). The molecule has 4 aliphatic carbocycles. The molecule has 5 fully saturated rings. The van der Waals surface area contributed by atoms with Crippen molar-refractivity contribution in [3.63, 3.8) is 0 Å². The number of carbonyl (C=O) groups is 3. The monoisotopic (exact) mass is 556 g/mol. The molecule has 1 saturated heterocycles. The highest BCUT2D eigenvalue weighted by Crippen LogP contribution is 2.83. The Morgan fingerprint density at radius 2 is 1.45 bits per heavy atom. The third-order valence-electron chi connectivity index (χ3n) is 12.6. The second kappa shape index (κ2) is 8.59. The topological polar surface area (TPSA) is 105 Å². The predicted octanol–water partition coefficient (Wildman–Crippen LogP) is 5.58. The minimum Gasteiger partial charge on any atom is -0.472 e. The van der Waals surface area contributed by atoms with E-state index < -0.39 is 40.2 Å². The first kappa shape index (κ1) is 27.8. The van der Waals surface area contributed by atoms with Crippen LogP contribution in [-0.4, -0.2) is 47.9 Å². The van der Waals surface area contributed by atoms with Gasteiger partial charge in [-0.05, 0) is 55.1 Å². The van der Waals surface area contributed by atoms with Gasteiger partial charge in [0.25, 0.3) is 0 Å². The maximum Gasteiger partial charge on any atom is 0.302 e. The van der Waals surface area contributed by atoms with Crippen molar-refractivity contribution in [3.05, 3.63) is 24.2 Å². The zero-order chi connectivity index (χ0) is 29.0. The summed E-state index contributed by atoms with van der Waals surface area (Å²) in [5.41, 5.74) is -0.842. The van der Waals surface area contributed by atoms with E-state index >= 15 is 0 Å². The van der Waals surface area contributed by atoms with E-state index in [1.807, 2.05) is 6.26 Å². The van der Waals surface area contributed by atoms with Crippen molar-refractivity contribution in [2.45, 2.75) is 123 Å². The fraction of sp³-hybridized carbons (Fsp3) is 0.781. The summed E-state index contributed by atoms with van der Waals surface area (Å²) in [5, 5.41) is 0. The van der Waals surface area contributed by atoms with Crippen molar-refractivity contribution in [1.29, 1.82) is 0 Å². The van der Waals surface area contributed by atoms with Crippen molar-refractivity contribution in [2.75, 3.05) is 0 Å². The lowest BCUT2D eigenvalue weighted by molar-refractivity contribution is -0.289. The summed E-state index contributed by atoms with van der Waals surface area (Å²) in [4.78, 5) is 37.4. The van der Waals surface area contributed by atoms with Gasteiger partial charge < -0.3 is 23.4 Å². The molecule has 11 atom stereocenters. The van der Waals surface area contributed by atoms with Gasteiger partial charge in [0.05, 0.1) is 18.6 Å². The third-order valence-corrected chi connectivity index (χ3v) is 12.6. The summed E-state index contributed by atoms with van der Waals surface area (Å²) >= 11 is 0. The highest BCUT2D eigenvalue weighted by molar-refractivity contribution is 5.67. The fourth-order valence-corrected chi connectivity index (χ4v) is 11.1. The van der Waals surface area contributed by atoms with E-state index in [0.717, 1.165) is 19.3 Å². The van der Waals surface area contributed by atoms with E-state index in [1.54, 1.807) is 6.26 Å². The lowest BCUT2D eigenvalue weighted by Crippen LogP contribution is -2.74. The molecule has 2 heterocycles. The zero-order valence-corrected chi connectivity index (χ0v) is 25.1. The van der Waals surface area contributed by atoms with Gasteiger partial charge in [0.15, 0.2) is 0 Å². The van der Waals surface area contributed by atoms with Gasteiger partial charge >= 0.3 is 17.9 Å². The number of furan rings is 1. The number of hydrogen-bond acceptors (Lipinski definition) is 8. The first-order valence-corrected chi connectivity index (χ1v) is 14.9. The SMILES string of the molecule is CC(=O)OC1CC(OC(C)=O)[C@]2(C)C(CC(OC(C)=O)[C@]3(C)C2CC[C@@]2(C)C(c4ccoc4)C[C@H]4O[C@]432)C1(C)C. The molecule has 0 amide bonds. The third kappa shape index (κ3) is 3.31. The Labute approximate surface area is 236 Å². The molecule has 6 unspecified atom stereocenters. The van der Waals surface area contributed by atoms with Gasteiger partial charge in [-0.1, -0.05) is 34.6 Å². The van der Waals surface area contributed by atoms with E-state index in [4.69, 9.17) is 23.4 Å². The van der Waals surface area contributed by atoms with Crippen molar-refractivity contribution in [2.24, 2.45) is 33.5 Å². The number of rotatable bonds is 4. The highest BCUT2D eigenvalue weighted by Gasteiger charge is 2.88. The van der Waals surface area contributed by atoms with Crippen LogP contribution in [0.2, 0.25) is 0 Å². The maximum atomic E-state index is 12.7. The largest absolute Gasteiger partial charge is 0.472 e. The molecule has 1 aliphatic heterocycles. The number of epoxide rings is 1. The van der Waals surface area contributed by atoms with E-state index in [9.17, 15) is 14.4 Å². The van der Waals surface area contributed by atoms with Crippen LogP contribution < -0.4 is 0 Å². The minimum absolute atomic E-state index is 0.0334. The Morgan fingerprint density at radius 1 is 0.825 bits per heavy atom. The summed E-state index contributed by atoms with van der Waals surface area (Å²) in [5.74, 6) is -0.694. The predicted molar refractivity (Wildman–Crippen MR) is 144 cm³/mol. The Bertz CT molecular complexity index is 1220. The smallest absolute Gasteiger partial charge is 0.302 e. The molecule has 5 aliphatic rings. The van der Waals surface area contributed by atoms with Gasteiger partial charge in [-0.3, -0.25) is 14.4 Å². The van der Waals surface area contributed by atoms with Crippen molar-refractivity contribution < 1.29 is 37.7 Å². The first-order valence-electron chi connectivity index (χ1n) is 14.9. The molecule has 220 valence electrons. The summed E-state index contributed by atoms with van der Waals surface area (Å²) in [6.45, 7) is 15.5. The standard InChI is InChI=1S/C32H44O8/c1-17(33)37-24-15-25(38-18(2)34)30(7)22-9-11-29(6)21(20-10-12-36-16-20)13-27-32(29,40-27)31(22,8)26(39-19(3)35)14-23(30)28(24,4)5/h10,12,16,21-27H,9,11,13-15H2,1-8H3/t21?,22?,23?,24?,25?,26?,27-,29+,30+,31+,32+/m1/s1. The second-order valence-corrected chi connectivity index (χ2v) is 14.5. The Kier molecular flexibility index (Phi) is 5.97. The molecule has 8 heteroatoms. The second-order valence-electron chi connectivity index (χ2n) is 14.5. The van der Waals surface area contributed by atoms with Crippen LogP contribution in [0.5, 0.6) is 0 Å². The summed E-state index contributed by atoms with van der Waals surface area (Å²) in [6.07, 6.45) is 6.14. The van der Waals surface area contributed by atoms with Crippen molar-refractivity contribution in [3.8, 4) is 0 Å². The first-order chi connectivity index (χ1) is 18.6. The normalized spacial score (nSPS) is 48.0. The summed E-state index contributed by atoms with van der Waals surface area (Å²) in [7, 11) is 0. The van der Waals surface area contributed by atoms with Crippen LogP contribution >= 0.6 is 0 Å². The summed E-state index contributed by atoms with van der Waals surface area (Å²) < 4.78 is 30.7. The number of ether oxygens (including phenoxy) is 4. The quantitative estimate of drug-likeness (QED) is 0.269. The molecular weight excluding hydrogens is 512 g/mol. The average Bonchev–Trinajstić information content (AvgIpc) is 3.20. The van der Waals surface area contributed by atoms with Crippen molar-refractivity contribution in [1.82, 2.24) is 0 Å². The Morgan fingerprint density at radius 3 is 2.05 bits per heavy atom. The van der Waals surface area contributed by atoms with E-state index in [0.29, 0.717) is 12.8 Å². The van der Waals surface area contributed by atoms with Crippen LogP contribution in [0.15, 0.2) is 23.0 Å². The lowest BCUT2D eigenvalue weighted by atomic mass is 9.35. The summed E-state index contributed by atoms with van der Waals surface area (Å²) in [6, 6.07) is 2.07. The van der Waals surface area contributed by atoms with Gasteiger partial charge in [0.1, 0.15) is 23.9 Å². The van der Waals surface area contributed by atoms with Gasteiger partial charge in [0.2, 0.25) is 0 Å². The van der Waals surface area contributed by atoms with Gasteiger partial charge in [0, 0.05) is 48.9 Å². The van der Waals surface area contributed by atoms with Crippen LogP contribution in [-0.2, 0) is 33.3 Å². The number of esters is 3. The van der Waals surface area contributed by atoms with Crippen LogP contribution in [0.4, 0.5) is 0 Å². The van der Waals surface area contributed by atoms with E-state index in [1.165, 1.54) is 26.3 Å². The zero-order valence-electron chi connectivity index (χ0n) is 25.1. The van der Waals surface area contributed by atoms with Crippen LogP contribution in [0.1, 0.15) is 99.0 Å². The minimum atomic E-state index is -0.511. The number of fused-ring (bicyclic) bond motifs is 3. The number of carbonyl (C=O) groups excluding carboxylic acids is 3. The molecular formula is C32H44O8. The molecule has 4 saturated carbocycles. The van der Waals surface area contributed by atoms with Crippen LogP contribution in [0.25, 0.3) is 0 Å². The van der Waals surface area contributed by atoms with Gasteiger partial charge in [-0.25, -0.2) is 0 Å². The molecule has 8 nitrogen and oxygen atoms in total. The molecule has 0 N–H and O–H groups in total. The van der Waals surface area contributed by atoms with Crippen LogP contribution in [0.3, 0.4) is 0 Å². The van der Waals surface area contributed by atoms with Gasteiger partial charge in [-0.2, -0.15) is 0 Å². The number of hydrogen-bond donors (Lipinski definition) is 0. The molecule has 1 aromatic heterocycles. The Balaban J connectivity index is 1.50.